The lowest BCUT2D eigenvalue weighted by Crippen LogP contribution is -1.98. The normalized spacial score (nSPS) is 11.8. The third-order valence-electron chi connectivity index (χ3n) is 2.00. The molecule has 6 heteroatoms. The average molecular weight is 224 g/mol. The maximum Gasteiger partial charge on any atom is 0.194 e. The second-order valence-corrected chi connectivity index (χ2v) is 5.05. The molecular formula is C9H8N2O3S. The van der Waals surface area contributed by atoms with Crippen molar-refractivity contribution in [1.29, 1.82) is 0 Å². The van der Waals surface area contributed by atoms with Crippen molar-refractivity contribution in [1.82, 2.24) is 9.38 Å². The third-order valence-corrected chi connectivity index (χ3v) is 3.00. The van der Waals surface area contributed by atoms with Gasteiger partial charge in [0.05, 0.1) is 5.52 Å². The van der Waals surface area contributed by atoms with Gasteiger partial charge in [-0.05, 0) is 12.1 Å². The zero-order valence-electron chi connectivity index (χ0n) is 7.91. The molecular weight excluding hydrogens is 216 g/mol. The number of carbonyl (C=O) groups excluding carboxylic acids is 1. The molecule has 0 saturated carbocycles. The molecule has 0 saturated heterocycles. The molecule has 0 radical (unpaired) electrons. The van der Waals surface area contributed by atoms with Crippen LogP contribution in [0.4, 0.5) is 0 Å². The largest absolute Gasteiger partial charge is 0.296 e. The number of hydrogen-bond donors (Lipinski definition) is 0. The Morgan fingerprint density at radius 1 is 1.40 bits per heavy atom. The van der Waals surface area contributed by atoms with Gasteiger partial charge in [-0.25, -0.2) is 13.4 Å². The molecule has 0 unspecified atom stereocenters. The van der Waals surface area contributed by atoms with Crippen LogP contribution in [-0.4, -0.2) is 30.3 Å². The van der Waals surface area contributed by atoms with E-state index in [0.717, 1.165) is 6.26 Å². The molecule has 0 spiro atoms. The number of imidazole rings is 1. The van der Waals surface area contributed by atoms with Crippen LogP contribution in [-0.2, 0) is 9.84 Å². The molecule has 2 heterocycles. The van der Waals surface area contributed by atoms with Crippen LogP contribution in [0.2, 0.25) is 0 Å². The molecule has 2 aromatic rings. The quantitative estimate of drug-likeness (QED) is 0.698. The molecule has 0 fully saturated rings. The zero-order valence-corrected chi connectivity index (χ0v) is 8.73. The molecule has 2 rings (SSSR count). The summed E-state index contributed by atoms with van der Waals surface area (Å²) in [7, 11) is -3.41. The van der Waals surface area contributed by atoms with Crippen LogP contribution in [0, 0.1) is 0 Å². The van der Waals surface area contributed by atoms with Gasteiger partial charge in [-0.3, -0.25) is 9.20 Å². The van der Waals surface area contributed by atoms with Crippen LogP contribution in [0.5, 0.6) is 0 Å². The van der Waals surface area contributed by atoms with E-state index in [1.807, 2.05) is 0 Å². The lowest BCUT2D eigenvalue weighted by molar-refractivity contribution is 0.111. The molecule has 15 heavy (non-hydrogen) atoms. The van der Waals surface area contributed by atoms with Crippen LogP contribution in [0.25, 0.3) is 5.52 Å². The predicted octanol–water partition coefficient (Wildman–Crippen LogP) is 0.550. The molecule has 0 aliphatic carbocycles. The zero-order chi connectivity index (χ0) is 11.1. The Kier molecular flexibility index (Phi) is 2.08. The highest BCUT2D eigenvalue weighted by molar-refractivity contribution is 7.90. The maximum atomic E-state index is 11.4. The smallest absolute Gasteiger partial charge is 0.194 e. The summed E-state index contributed by atoms with van der Waals surface area (Å²) in [6.07, 6.45) is 3.19. The Balaban J connectivity index is 2.94. The second kappa shape index (κ2) is 3.16. The fourth-order valence-electron chi connectivity index (χ4n) is 1.39. The number of carbonyl (C=O) groups is 1. The van der Waals surface area contributed by atoms with Gasteiger partial charge in [-0.15, -0.1) is 0 Å². The molecule has 2 aromatic heterocycles. The van der Waals surface area contributed by atoms with Gasteiger partial charge in [-0.2, -0.15) is 0 Å². The Hall–Kier alpha value is -1.69. The summed E-state index contributed by atoms with van der Waals surface area (Å²) in [4.78, 5) is 14.5. The Bertz CT molecular complexity index is 628. The summed E-state index contributed by atoms with van der Waals surface area (Å²) in [5.74, 6) is 0.0889. The highest BCUT2D eigenvalue weighted by Gasteiger charge is 2.17. The van der Waals surface area contributed by atoms with Crippen LogP contribution >= 0.6 is 0 Å². The summed E-state index contributed by atoms with van der Waals surface area (Å²) in [6.45, 7) is 0. The van der Waals surface area contributed by atoms with Crippen molar-refractivity contribution in [2.24, 2.45) is 0 Å². The SMILES string of the molecule is CS(=O)(=O)c1nc(C=O)n2ccccc12. The van der Waals surface area contributed by atoms with E-state index in [4.69, 9.17) is 0 Å². The standard InChI is InChI=1S/C9H8N2O3S/c1-15(13,14)9-7-4-2-3-5-11(7)8(6-12)10-9/h2-6H,1H3. The van der Waals surface area contributed by atoms with E-state index in [9.17, 15) is 13.2 Å². The second-order valence-electron chi connectivity index (χ2n) is 3.12. The Morgan fingerprint density at radius 3 is 2.73 bits per heavy atom. The predicted molar refractivity (Wildman–Crippen MR) is 53.7 cm³/mol. The van der Waals surface area contributed by atoms with Crippen LogP contribution in [0.15, 0.2) is 29.4 Å². The fraction of sp³-hybridized carbons (Fsp3) is 0.111. The molecule has 0 aromatic carbocycles. The van der Waals surface area contributed by atoms with E-state index in [-0.39, 0.29) is 10.9 Å². The molecule has 78 valence electrons. The van der Waals surface area contributed by atoms with Gasteiger partial charge in [-0.1, -0.05) is 6.07 Å². The number of fused-ring (bicyclic) bond motifs is 1. The van der Waals surface area contributed by atoms with Crippen molar-refractivity contribution in [3.63, 3.8) is 0 Å². The highest BCUT2D eigenvalue weighted by atomic mass is 32.2. The van der Waals surface area contributed by atoms with E-state index in [1.54, 1.807) is 24.4 Å². The first-order valence-corrected chi connectivity index (χ1v) is 6.05. The first-order valence-electron chi connectivity index (χ1n) is 4.16. The minimum Gasteiger partial charge on any atom is -0.296 e. The van der Waals surface area contributed by atoms with E-state index >= 15 is 0 Å². The molecule has 0 bridgehead atoms. The molecule has 0 N–H and O–H groups in total. The minimum absolute atomic E-state index is 0.0646. The first kappa shape index (κ1) is 9.85. The number of sulfone groups is 1. The van der Waals surface area contributed by atoms with E-state index < -0.39 is 9.84 Å². The van der Waals surface area contributed by atoms with Crippen LogP contribution in [0.3, 0.4) is 0 Å². The topological polar surface area (TPSA) is 68.5 Å². The van der Waals surface area contributed by atoms with E-state index in [0.29, 0.717) is 11.8 Å². The highest BCUT2D eigenvalue weighted by Crippen LogP contribution is 2.16. The molecule has 0 atom stereocenters. The number of aromatic nitrogens is 2. The summed E-state index contributed by atoms with van der Waals surface area (Å²) in [6, 6.07) is 5.00. The van der Waals surface area contributed by atoms with Crippen molar-refractivity contribution < 1.29 is 13.2 Å². The number of rotatable bonds is 2. The summed E-state index contributed by atoms with van der Waals surface area (Å²) in [5.41, 5.74) is 0.419. The molecule has 0 aliphatic rings. The van der Waals surface area contributed by atoms with Crippen LogP contribution < -0.4 is 0 Å². The fourth-order valence-corrected chi connectivity index (χ4v) is 2.19. The lowest BCUT2D eigenvalue weighted by atomic mass is 10.4. The van der Waals surface area contributed by atoms with E-state index in [1.165, 1.54) is 4.40 Å². The molecule has 5 nitrogen and oxygen atoms in total. The van der Waals surface area contributed by atoms with Crippen molar-refractivity contribution in [2.75, 3.05) is 6.26 Å². The van der Waals surface area contributed by atoms with Crippen molar-refractivity contribution >= 4 is 21.6 Å². The molecule has 0 aliphatic heterocycles. The van der Waals surface area contributed by atoms with Gasteiger partial charge in [0, 0.05) is 12.5 Å². The number of aldehydes is 1. The third kappa shape index (κ3) is 1.52. The minimum atomic E-state index is -3.41. The van der Waals surface area contributed by atoms with Crippen LogP contribution in [0.1, 0.15) is 10.6 Å². The van der Waals surface area contributed by atoms with E-state index in [2.05, 4.69) is 4.98 Å². The maximum absolute atomic E-state index is 11.4. The van der Waals surface area contributed by atoms with Gasteiger partial charge < -0.3 is 0 Å². The summed E-state index contributed by atoms with van der Waals surface area (Å²) in [5, 5.41) is -0.0646. The number of pyridine rings is 1. The summed E-state index contributed by atoms with van der Waals surface area (Å²) < 4.78 is 24.2. The van der Waals surface area contributed by atoms with Crippen molar-refractivity contribution in [3.05, 3.63) is 30.2 Å². The Labute approximate surface area is 86.3 Å². The lowest BCUT2D eigenvalue weighted by Gasteiger charge is -1.94. The summed E-state index contributed by atoms with van der Waals surface area (Å²) >= 11 is 0. The Morgan fingerprint density at radius 2 is 2.13 bits per heavy atom. The average Bonchev–Trinajstić information content (AvgIpc) is 2.55. The van der Waals surface area contributed by atoms with Gasteiger partial charge in [0.25, 0.3) is 0 Å². The monoisotopic (exact) mass is 224 g/mol. The van der Waals surface area contributed by atoms with Crippen molar-refractivity contribution in [2.45, 2.75) is 5.03 Å². The number of hydrogen-bond acceptors (Lipinski definition) is 4. The van der Waals surface area contributed by atoms with Gasteiger partial charge >= 0.3 is 0 Å². The molecule has 0 amide bonds. The van der Waals surface area contributed by atoms with Gasteiger partial charge in [0.15, 0.2) is 27.0 Å². The van der Waals surface area contributed by atoms with Crippen molar-refractivity contribution in [3.8, 4) is 0 Å². The van der Waals surface area contributed by atoms with Gasteiger partial charge in [0.2, 0.25) is 0 Å². The first-order chi connectivity index (χ1) is 7.04. The van der Waals surface area contributed by atoms with Gasteiger partial charge in [0.1, 0.15) is 0 Å². The number of nitrogens with zero attached hydrogens (tertiary/aromatic N) is 2.